The Labute approximate surface area is 147 Å². The Morgan fingerprint density at radius 2 is 1.80 bits per heavy atom. The Morgan fingerprint density at radius 3 is 2.48 bits per heavy atom. The van der Waals surface area contributed by atoms with Crippen LogP contribution in [-0.2, 0) is 0 Å². The predicted octanol–water partition coefficient (Wildman–Crippen LogP) is 3.55. The molecule has 0 radical (unpaired) electrons. The summed E-state index contributed by atoms with van der Waals surface area (Å²) in [6.45, 7) is 3.37. The van der Waals surface area contributed by atoms with Crippen LogP contribution < -0.4 is 20.1 Å². The van der Waals surface area contributed by atoms with Gasteiger partial charge in [0.1, 0.15) is 24.7 Å². The zero-order valence-corrected chi connectivity index (χ0v) is 14.1. The summed E-state index contributed by atoms with van der Waals surface area (Å²) in [6.07, 6.45) is 0.885. The Kier molecular flexibility index (Phi) is 7.13. The summed E-state index contributed by atoms with van der Waals surface area (Å²) in [4.78, 5) is 11.6. The minimum Gasteiger partial charge on any atom is -0.490 e. The maximum atomic E-state index is 11.6. The third-order valence-electron chi connectivity index (χ3n) is 3.23. The number of urea groups is 1. The third-order valence-corrected chi connectivity index (χ3v) is 3.23. The molecule has 6 nitrogen and oxygen atoms in total. The fourth-order valence-corrected chi connectivity index (χ4v) is 2.02. The fourth-order valence-electron chi connectivity index (χ4n) is 2.02. The van der Waals surface area contributed by atoms with Crippen LogP contribution in [-0.4, -0.2) is 25.8 Å². The molecule has 0 bridgehead atoms. The van der Waals surface area contributed by atoms with E-state index in [1.807, 2.05) is 19.1 Å². The van der Waals surface area contributed by atoms with E-state index < -0.39 is 0 Å². The van der Waals surface area contributed by atoms with E-state index in [4.69, 9.17) is 14.7 Å². The van der Waals surface area contributed by atoms with Crippen LogP contribution in [0.2, 0.25) is 0 Å². The Bertz CT molecular complexity index is 723. The van der Waals surface area contributed by atoms with Gasteiger partial charge in [-0.3, -0.25) is 0 Å². The van der Waals surface area contributed by atoms with Crippen LogP contribution in [0.1, 0.15) is 18.9 Å². The van der Waals surface area contributed by atoms with Gasteiger partial charge in [0.05, 0.1) is 11.6 Å². The Morgan fingerprint density at radius 1 is 1.08 bits per heavy atom. The number of nitrogens with one attached hydrogen (secondary N) is 2. The van der Waals surface area contributed by atoms with E-state index in [9.17, 15) is 4.79 Å². The fraction of sp³-hybridized carbons (Fsp3) is 0.263. The molecule has 2 rings (SSSR count). The number of carbonyl (C=O) groups excluding carboxylic acids is 1. The second-order valence-corrected chi connectivity index (χ2v) is 5.24. The van der Waals surface area contributed by atoms with Gasteiger partial charge in [-0.1, -0.05) is 13.0 Å². The van der Waals surface area contributed by atoms with Crippen molar-refractivity contribution in [2.45, 2.75) is 13.3 Å². The first kappa shape index (κ1) is 18.1. The van der Waals surface area contributed by atoms with Crippen molar-refractivity contribution in [1.82, 2.24) is 5.32 Å². The molecule has 6 heteroatoms. The van der Waals surface area contributed by atoms with Gasteiger partial charge in [0.15, 0.2) is 0 Å². The quantitative estimate of drug-likeness (QED) is 0.721. The van der Waals surface area contributed by atoms with Gasteiger partial charge in [0.2, 0.25) is 0 Å². The smallest absolute Gasteiger partial charge is 0.319 e. The monoisotopic (exact) mass is 339 g/mol. The third kappa shape index (κ3) is 6.43. The molecular formula is C19H21N3O3. The molecule has 130 valence electrons. The van der Waals surface area contributed by atoms with Crippen molar-refractivity contribution in [1.29, 1.82) is 5.26 Å². The molecule has 0 saturated carbocycles. The maximum Gasteiger partial charge on any atom is 0.319 e. The average molecular weight is 339 g/mol. The lowest BCUT2D eigenvalue weighted by Gasteiger charge is -2.10. The first-order valence-corrected chi connectivity index (χ1v) is 8.12. The molecule has 0 unspecified atom stereocenters. The Balaban J connectivity index is 1.76. The number of anilines is 1. The van der Waals surface area contributed by atoms with E-state index in [1.54, 1.807) is 36.4 Å². The summed E-state index contributed by atoms with van der Waals surface area (Å²) in [5, 5.41) is 14.3. The Hall–Kier alpha value is -3.20. The SMILES string of the molecule is CCCNC(=O)Nc1cccc(OCCOc2ccc(C#N)cc2)c1. The van der Waals surface area contributed by atoms with Crippen LogP contribution in [0.4, 0.5) is 10.5 Å². The highest BCUT2D eigenvalue weighted by atomic mass is 16.5. The molecule has 2 aromatic rings. The van der Waals surface area contributed by atoms with E-state index >= 15 is 0 Å². The van der Waals surface area contributed by atoms with Crippen molar-refractivity contribution in [2.24, 2.45) is 0 Å². The lowest BCUT2D eigenvalue weighted by molar-refractivity contribution is 0.217. The second kappa shape index (κ2) is 9.83. The van der Waals surface area contributed by atoms with Crippen LogP contribution in [0.15, 0.2) is 48.5 Å². The number of ether oxygens (including phenoxy) is 2. The number of benzene rings is 2. The number of hydrogen-bond donors (Lipinski definition) is 2. The number of nitrogens with zero attached hydrogens (tertiary/aromatic N) is 1. The first-order chi connectivity index (χ1) is 12.2. The minimum atomic E-state index is -0.233. The summed E-state index contributed by atoms with van der Waals surface area (Å²) in [5.41, 5.74) is 1.26. The number of amides is 2. The molecule has 0 heterocycles. The summed E-state index contributed by atoms with van der Waals surface area (Å²) < 4.78 is 11.2. The molecule has 0 aromatic heterocycles. The summed E-state index contributed by atoms with van der Waals surface area (Å²) >= 11 is 0. The highest BCUT2D eigenvalue weighted by molar-refractivity contribution is 5.89. The second-order valence-electron chi connectivity index (χ2n) is 5.24. The molecule has 0 fully saturated rings. The minimum absolute atomic E-state index is 0.233. The van der Waals surface area contributed by atoms with Gasteiger partial charge in [-0.2, -0.15) is 5.26 Å². The number of nitriles is 1. The lowest BCUT2D eigenvalue weighted by Crippen LogP contribution is -2.29. The summed E-state index contributed by atoms with van der Waals surface area (Å²) in [6, 6.07) is 15.9. The highest BCUT2D eigenvalue weighted by Gasteiger charge is 2.02. The van der Waals surface area contributed by atoms with Crippen LogP contribution >= 0.6 is 0 Å². The number of rotatable bonds is 8. The van der Waals surface area contributed by atoms with Crippen molar-refractivity contribution in [3.05, 3.63) is 54.1 Å². The summed E-state index contributed by atoms with van der Waals surface area (Å²) in [7, 11) is 0. The number of hydrogen-bond acceptors (Lipinski definition) is 4. The highest BCUT2D eigenvalue weighted by Crippen LogP contribution is 2.17. The van der Waals surface area contributed by atoms with E-state index in [1.165, 1.54) is 0 Å². The maximum absolute atomic E-state index is 11.6. The molecule has 0 aliphatic rings. The van der Waals surface area contributed by atoms with Crippen molar-refractivity contribution >= 4 is 11.7 Å². The van der Waals surface area contributed by atoms with Crippen LogP contribution in [0.3, 0.4) is 0 Å². The molecule has 25 heavy (non-hydrogen) atoms. The summed E-state index contributed by atoms with van der Waals surface area (Å²) in [5.74, 6) is 1.34. The van der Waals surface area contributed by atoms with Gasteiger partial charge < -0.3 is 20.1 Å². The van der Waals surface area contributed by atoms with Crippen molar-refractivity contribution in [2.75, 3.05) is 25.1 Å². The van der Waals surface area contributed by atoms with E-state index in [0.717, 1.165) is 6.42 Å². The van der Waals surface area contributed by atoms with Crippen LogP contribution in [0, 0.1) is 11.3 Å². The van der Waals surface area contributed by atoms with E-state index in [0.29, 0.717) is 42.5 Å². The van der Waals surface area contributed by atoms with Gasteiger partial charge in [0.25, 0.3) is 0 Å². The van der Waals surface area contributed by atoms with Crippen molar-refractivity contribution in [3.8, 4) is 17.6 Å². The van der Waals surface area contributed by atoms with Crippen LogP contribution in [0.25, 0.3) is 0 Å². The van der Waals surface area contributed by atoms with Gasteiger partial charge in [-0.25, -0.2) is 4.79 Å². The molecule has 2 N–H and O–H groups in total. The van der Waals surface area contributed by atoms with E-state index in [-0.39, 0.29) is 6.03 Å². The predicted molar refractivity (Wildman–Crippen MR) is 95.9 cm³/mol. The molecule has 0 spiro atoms. The number of carbonyl (C=O) groups is 1. The van der Waals surface area contributed by atoms with Crippen molar-refractivity contribution in [3.63, 3.8) is 0 Å². The zero-order chi connectivity index (χ0) is 17.9. The van der Waals surface area contributed by atoms with Crippen molar-refractivity contribution < 1.29 is 14.3 Å². The van der Waals surface area contributed by atoms with Gasteiger partial charge in [-0.05, 0) is 42.8 Å². The van der Waals surface area contributed by atoms with Gasteiger partial charge in [0, 0.05) is 18.3 Å². The lowest BCUT2D eigenvalue weighted by atomic mass is 10.2. The molecule has 0 aliphatic heterocycles. The zero-order valence-electron chi connectivity index (χ0n) is 14.1. The molecule has 2 aromatic carbocycles. The standard InChI is InChI=1S/C19H21N3O3/c1-2-10-21-19(23)22-16-4-3-5-18(13-16)25-12-11-24-17-8-6-15(14-20)7-9-17/h3-9,13H,2,10-12H2,1H3,(H2,21,22,23). The van der Waals surface area contributed by atoms with E-state index in [2.05, 4.69) is 16.7 Å². The van der Waals surface area contributed by atoms with Crippen LogP contribution in [0.5, 0.6) is 11.5 Å². The largest absolute Gasteiger partial charge is 0.490 e. The molecular weight excluding hydrogens is 318 g/mol. The first-order valence-electron chi connectivity index (χ1n) is 8.12. The normalized spacial score (nSPS) is 9.76. The van der Waals surface area contributed by atoms with Gasteiger partial charge in [-0.15, -0.1) is 0 Å². The molecule has 0 atom stereocenters. The topological polar surface area (TPSA) is 83.4 Å². The molecule has 2 amide bonds. The van der Waals surface area contributed by atoms with Gasteiger partial charge >= 0.3 is 6.03 Å². The molecule has 0 saturated heterocycles. The average Bonchev–Trinajstić information content (AvgIpc) is 2.64. The molecule has 0 aliphatic carbocycles.